The van der Waals surface area contributed by atoms with E-state index in [-0.39, 0.29) is 6.16 Å². The monoisotopic (exact) mass is 481 g/mol. The zero-order valence-electron chi connectivity index (χ0n) is 19.8. The normalized spacial score (nSPS) is 13.8. The molecule has 2 atom stereocenters. The number of rotatable bonds is 11. The number of carbonyl (C=O) groups is 1. The number of methoxy groups -OCH3 is 1. The fourth-order valence-electron chi connectivity index (χ4n) is 3.61. The van der Waals surface area contributed by atoms with Gasteiger partial charge in [0.25, 0.3) is 7.52 Å². The minimum atomic E-state index is -3.63. The van der Waals surface area contributed by atoms with Crippen molar-refractivity contribution in [1.82, 2.24) is 15.4 Å². The average Bonchev–Trinajstić information content (AvgIpc) is 2.84. The number of nitrogens with one attached hydrogen (secondary N) is 2. The van der Waals surface area contributed by atoms with Crippen molar-refractivity contribution in [2.45, 2.75) is 32.9 Å². The minimum absolute atomic E-state index is 0.0520. The van der Waals surface area contributed by atoms with Crippen LogP contribution < -0.4 is 10.4 Å². The van der Waals surface area contributed by atoms with Crippen LogP contribution in [0.5, 0.6) is 0 Å². The van der Waals surface area contributed by atoms with Gasteiger partial charge in [-0.25, -0.2) is 5.09 Å². The van der Waals surface area contributed by atoms with Crippen LogP contribution in [0.3, 0.4) is 0 Å². The second-order valence-corrected chi connectivity index (χ2v) is 10.4. The van der Waals surface area contributed by atoms with Gasteiger partial charge in [-0.15, -0.1) is 0 Å². The molecule has 34 heavy (non-hydrogen) atoms. The Kier molecular flexibility index (Phi) is 9.13. The van der Waals surface area contributed by atoms with Crippen LogP contribution >= 0.6 is 7.52 Å². The largest absolute Gasteiger partial charge is 0.468 e. The highest BCUT2D eigenvalue weighted by atomic mass is 31.2. The molecule has 2 aromatic carbocycles. The van der Waals surface area contributed by atoms with Gasteiger partial charge in [-0.2, -0.15) is 0 Å². The molecular formula is C26H32N3O4P. The average molecular weight is 482 g/mol. The Labute approximate surface area is 201 Å². The van der Waals surface area contributed by atoms with E-state index in [1.807, 2.05) is 24.3 Å². The van der Waals surface area contributed by atoms with E-state index < -0.39 is 19.5 Å². The lowest BCUT2D eigenvalue weighted by Crippen LogP contribution is -2.33. The summed E-state index contributed by atoms with van der Waals surface area (Å²) in [5.41, 5.74) is 6.25. The highest BCUT2D eigenvalue weighted by Crippen LogP contribution is 2.36. The SMILES string of the molecule is COC(=O)C(C)NP(=O)(O)CCCNCc1ccc(-c2ccc(C)cc2)c(-c2ccccc2)n1. The second-order valence-electron chi connectivity index (χ2n) is 8.26. The molecule has 0 fully saturated rings. The lowest BCUT2D eigenvalue weighted by molar-refractivity contribution is -0.142. The molecule has 2 unspecified atom stereocenters. The van der Waals surface area contributed by atoms with E-state index in [0.29, 0.717) is 19.5 Å². The van der Waals surface area contributed by atoms with Crippen molar-refractivity contribution < 1.29 is 19.0 Å². The predicted octanol–water partition coefficient (Wildman–Crippen LogP) is 4.54. The smallest absolute Gasteiger partial charge is 0.323 e. The number of esters is 1. The van der Waals surface area contributed by atoms with Gasteiger partial charge in [0.15, 0.2) is 0 Å². The first-order valence-electron chi connectivity index (χ1n) is 11.3. The second kappa shape index (κ2) is 12.0. The third-order valence-electron chi connectivity index (χ3n) is 5.43. The maximum Gasteiger partial charge on any atom is 0.323 e. The molecule has 7 nitrogen and oxygen atoms in total. The third kappa shape index (κ3) is 7.34. The number of aromatic nitrogens is 1. The maximum absolute atomic E-state index is 12.3. The lowest BCUT2D eigenvalue weighted by Gasteiger charge is -2.17. The molecule has 0 spiro atoms. The number of hydrogen-bond acceptors (Lipinski definition) is 5. The number of hydrogen-bond donors (Lipinski definition) is 3. The molecule has 0 saturated carbocycles. The highest BCUT2D eigenvalue weighted by molar-refractivity contribution is 7.55. The van der Waals surface area contributed by atoms with Crippen molar-refractivity contribution in [3.63, 3.8) is 0 Å². The summed E-state index contributed by atoms with van der Waals surface area (Å²) in [6.45, 7) is 4.65. The van der Waals surface area contributed by atoms with Crippen molar-refractivity contribution >= 4 is 13.5 Å². The molecule has 0 aliphatic rings. The van der Waals surface area contributed by atoms with E-state index in [4.69, 9.17) is 4.98 Å². The van der Waals surface area contributed by atoms with Crippen LogP contribution in [0.25, 0.3) is 22.4 Å². The number of benzene rings is 2. The van der Waals surface area contributed by atoms with Gasteiger partial charge < -0.3 is 14.9 Å². The number of ether oxygens (including phenoxy) is 1. The topological polar surface area (TPSA) is 101 Å². The first-order chi connectivity index (χ1) is 16.3. The van der Waals surface area contributed by atoms with Gasteiger partial charge in [0.2, 0.25) is 0 Å². The summed E-state index contributed by atoms with van der Waals surface area (Å²) in [6.07, 6.45) is 0.526. The molecule has 3 N–H and O–H groups in total. The molecule has 0 amide bonds. The van der Waals surface area contributed by atoms with E-state index in [0.717, 1.165) is 28.1 Å². The molecule has 0 bridgehead atoms. The quantitative estimate of drug-likeness (QED) is 0.210. The Balaban J connectivity index is 1.63. The number of aryl methyl sites for hydroxylation is 1. The summed E-state index contributed by atoms with van der Waals surface area (Å²) in [5, 5.41) is 5.76. The van der Waals surface area contributed by atoms with Gasteiger partial charge in [-0.3, -0.25) is 14.3 Å². The summed E-state index contributed by atoms with van der Waals surface area (Å²) in [6, 6.07) is 21.8. The zero-order valence-corrected chi connectivity index (χ0v) is 20.7. The molecule has 0 aliphatic heterocycles. The molecule has 3 aromatic rings. The van der Waals surface area contributed by atoms with E-state index in [2.05, 4.69) is 64.5 Å². The van der Waals surface area contributed by atoms with Gasteiger partial charge in [0.05, 0.1) is 18.5 Å². The van der Waals surface area contributed by atoms with Gasteiger partial charge in [0, 0.05) is 23.8 Å². The van der Waals surface area contributed by atoms with Crippen molar-refractivity contribution in [1.29, 1.82) is 0 Å². The van der Waals surface area contributed by atoms with Gasteiger partial charge in [0.1, 0.15) is 6.04 Å². The van der Waals surface area contributed by atoms with E-state index in [1.165, 1.54) is 19.6 Å². The van der Waals surface area contributed by atoms with Gasteiger partial charge in [-0.1, -0.05) is 66.2 Å². The molecular weight excluding hydrogens is 449 g/mol. The molecule has 180 valence electrons. The summed E-state index contributed by atoms with van der Waals surface area (Å²) in [7, 11) is -2.38. The Morgan fingerprint density at radius 2 is 1.76 bits per heavy atom. The van der Waals surface area contributed by atoms with Crippen LogP contribution in [-0.2, 0) is 20.6 Å². The Morgan fingerprint density at radius 1 is 1.06 bits per heavy atom. The molecule has 0 aliphatic carbocycles. The van der Waals surface area contributed by atoms with E-state index >= 15 is 0 Å². The number of pyridine rings is 1. The van der Waals surface area contributed by atoms with Crippen LogP contribution in [-0.4, -0.2) is 41.7 Å². The number of carbonyl (C=O) groups excluding carboxylic acids is 1. The van der Waals surface area contributed by atoms with Crippen LogP contribution in [0, 0.1) is 6.92 Å². The first-order valence-corrected chi connectivity index (χ1v) is 13.1. The minimum Gasteiger partial charge on any atom is -0.468 e. The molecule has 1 aromatic heterocycles. The van der Waals surface area contributed by atoms with Gasteiger partial charge >= 0.3 is 5.97 Å². The van der Waals surface area contributed by atoms with Crippen LogP contribution in [0.1, 0.15) is 24.6 Å². The zero-order chi connectivity index (χ0) is 24.6. The Morgan fingerprint density at radius 3 is 2.44 bits per heavy atom. The molecule has 8 heteroatoms. The molecule has 0 radical (unpaired) electrons. The van der Waals surface area contributed by atoms with Crippen molar-refractivity contribution in [3.05, 3.63) is 78.0 Å². The summed E-state index contributed by atoms with van der Waals surface area (Å²) >= 11 is 0. The van der Waals surface area contributed by atoms with Gasteiger partial charge in [-0.05, 0) is 38.4 Å². The first kappa shape index (κ1) is 25.8. The predicted molar refractivity (Wildman–Crippen MR) is 135 cm³/mol. The summed E-state index contributed by atoms with van der Waals surface area (Å²) < 4.78 is 16.8. The molecule has 0 saturated heterocycles. The fraction of sp³-hybridized carbons (Fsp3) is 0.308. The molecule has 1 heterocycles. The number of nitrogens with zero attached hydrogens (tertiary/aromatic N) is 1. The van der Waals surface area contributed by atoms with Crippen molar-refractivity contribution in [3.8, 4) is 22.4 Å². The van der Waals surface area contributed by atoms with Crippen molar-refractivity contribution in [2.24, 2.45) is 0 Å². The fourth-order valence-corrected chi connectivity index (χ4v) is 5.04. The standard InChI is InChI=1S/C26H32N3O4P/c1-19-10-12-21(13-11-19)24-15-14-23(28-25(24)22-8-5-4-6-9-22)18-27-16-7-17-34(31,32)29-20(2)26(30)33-3/h4-6,8-15,20,27H,7,16-18H2,1-3H3,(H2,29,31,32). The van der Waals surface area contributed by atoms with Crippen LogP contribution in [0.2, 0.25) is 0 Å². The molecule has 3 rings (SSSR count). The third-order valence-corrected chi connectivity index (χ3v) is 7.15. The lowest BCUT2D eigenvalue weighted by atomic mass is 9.98. The van der Waals surface area contributed by atoms with Crippen LogP contribution in [0.15, 0.2) is 66.7 Å². The van der Waals surface area contributed by atoms with E-state index in [1.54, 1.807) is 0 Å². The summed E-state index contributed by atoms with van der Waals surface area (Å²) in [4.78, 5) is 26.4. The van der Waals surface area contributed by atoms with Crippen molar-refractivity contribution in [2.75, 3.05) is 19.8 Å². The maximum atomic E-state index is 12.3. The Bertz CT molecular complexity index is 1140. The van der Waals surface area contributed by atoms with E-state index in [9.17, 15) is 14.3 Å². The van der Waals surface area contributed by atoms with Crippen LogP contribution in [0.4, 0.5) is 0 Å². The highest BCUT2D eigenvalue weighted by Gasteiger charge is 2.24. The Hall–Kier alpha value is -2.83. The summed E-state index contributed by atoms with van der Waals surface area (Å²) in [5.74, 6) is -0.568.